The Morgan fingerprint density at radius 2 is 0.735 bits per heavy atom. The monoisotopic (exact) mass is 1190 g/mol. The van der Waals surface area contributed by atoms with Crippen LogP contribution < -0.4 is 5.32 Å². The maximum Gasteiger partial charge on any atom is 0.472 e. The summed E-state index contributed by atoms with van der Waals surface area (Å²) >= 11 is 0. The van der Waals surface area contributed by atoms with Gasteiger partial charge in [-0.05, 0) is 96.0 Å². The number of nitrogens with zero attached hydrogens (tertiary/aromatic N) is 1. The zero-order valence-electron chi connectivity index (χ0n) is 55.7. The van der Waals surface area contributed by atoms with E-state index in [0.717, 1.165) is 83.5 Å². The van der Waals surface area contributed by atoms with Gasteiger partial charge in [0.2, 0.25) is 5.91 Å². The van der Waals surface area contributed by atoms with Gasteiger partial charge in [0.15, 0.2) is 0 Å². The normalized spacial score (nSPS) is 13.9. The van der Waals surface area contributed by atoms with Crippen molar-refractivity contribution in [3.8, 4) is 0 Å². The molecule has 0 heterocycles. The summed E-state index contributed by atoms with van der Waals surface area (Å²) in [5.41, 5.74) is 0. The second kappa shape index (κ2) is 62.8. The van der Waals surface area contributed by atoms with E-state index in [2.05, 4.69) is 74.7 Å². The first-order valence-electron chi connectivity index (χ1n) is 35.6. The Morgan fingerprint density at radius 1 is 0.422 bits per heavy atom. The van der Waals surface area contributed by atoms with Gasteiger partial charge in [0, 0.05) is 12.8 Å². The first kappa shape index (κ1) is 80.7. The number of hydrogen-bond donors (Lipinski definition) is 2. The second-order valence-electron chi connectivity index (χ2n) is 25.4. The lowest BCUT2D eigenvalue weighted by atomic mass is 10.0. The van der Waals surface area contributed by atoms with E-state index in [1.165, 1.54) is 225 Å². The summed E-state index contributed by atoms with van der Waals surface area (Å²) < 4.78 is 30.8. The predicted octanol–water partition coefficient (Wildman–Crippen LogP) is 22.6. The van der Waals surface area contributed by atoms with Gasteiger partial charge in [0.05, 0.1) is 33.8 Å². The Hall–Kier alpha value is -2.29. The van der Waals surface area contributed by atoms with Crippen molar-refractivity contribution in [3.05, 3.63) is 60.8 Å². The average molecular weight is 1190 g/mol. The topological polar surface area (TPSA) is 111 Å². The minimum Gasteiger partial charge on any atom is -0.456 e. The van der Waals surface area contributed by atoms with Gasteiger partial charge < -0.3 is 19.4 Å². The van der Waals surface area contributed by atoms with E-state index in [-0.39, 0.29) is 25.1 Å². The fourth-order valence-corrected chi connectivity index (χ4v) is 11.2. The number of amides is 1. The number of phosphoric acid groups is 1. The molecule has 0 aromatic heterocycles. The number of carbonyl (C=O) groups excluding carboxylic acids is 2. The molecule has 0 bridgehead atoms. The molecule has 3 atom stereocenters. The van der Waals surface area contributed by atoms with Crippen LogP contribution in [0, 0.1) is 0 Å². The Kier molecular flexibility index (Phi) is 61.0. The largest absolute Gasteiger partial charge is 0.472 e. The Balaban J connectivity index is 5.12. The molecule has 0 aromatic carbocycles. The Bertz CT molecular complexity index is 1600. The molecule has 3 unspecified atom stereocenters. The van der Waals surface area contributed by atoms with Gasteiger partial charge in [-0.3, -0.25) is 18.6 Å². The minimum atomic E-state index is -4.46. The van der Waals surface area contributed by atoms with Crippen LogP contribution in [0.15, 0.2) is 60.8 Å². The first-order valence-corrected chi connectivity index (χ1v) is 37.1. The average Bonchev–Trinajstić information content (AvgIpc) is 3.46. The fourth-order valence-electron chi connectivity index (χ4n) is 10.4. The fraction of sp³-hybridized carbons (Fsp3) is 0.836. The van der Waals surface area contributed by atoms with Gasteiger partial charge in [-0.25, -0.2) is 4.57 Å². The number of carbonyl (C=O) groups is 2. The Labute approximate surface area is 515 Å². The van der Waals surface area contributed by atoms with E-state index in [4.69, 9.17) is 13.8 Å². The van der Waals surface area contributed by atoms with E-state index in [1.54, 1.807) is 0 Å². The summed E-state index contributed by atoms with van der Waals surface area (Å²) in [5.74, 6) is -0.501. The van der Waals surface area contributed by atoms with Crippen LogP contribution in [-0.2, 0) is 27.9 Å². The summed E-state index contributed by atoms with van der Waals surface area (Å²) in [6.07, 6.45) is 80.8. The molecule has 0 aliphatic heterocycles. The van der Waals surface area contributed by atoms with Crippen LogP contribution in [-0.4, -0.2) is 74.3 Å². The van der Waals surface area contributed by atoms with Gasteiger partial charge in [-0.15, -0.1) is 0 Å². The SMILES string of the molecule is CCCCC/C=C\C/C=C\C/C=C\CCCCCCCCCCC(=O)NC(COP(=O)(O)OCC[N+](C)(C)C)C(/C=C/CCCCCCCCCCCCC)OC(=O)CCCCCCCCCCCCCCC/C=C/CCCCCCCC. The van der Waals surface area contributed by atoms with E-state index < -0.39 is 20.0 Å². The van der Waals surface area contributed by atoms with Gasteiger partial charge in [0.25, 0.3) is 0 Å². The van der Waals surface area contributed by atoms with Gasteiger partial charge >= 0.3 is 13.8 Å². The molecule has 0 rings (SSSR count). The smallest absolute Gasteiger partial charge is 0.456 e. The summed E-state index contributed by atoms with van der Waals surface area (Å²) in [6, 6.07) is -0.854. The molecule has 83 heavy (non-hydrogen) atoms. The molecule has 0 radical (unpaired) electrons. The zero-order valence-corrected chi connectivity index (χ0v) is 56.6. The molecular weight excluding hydrogens is 1050 g/mol. The number of allylic oxidation sites excluding steroid dienone is 9. The first-order chi connectivity index (χ1) is 40.4. The van der Waals surface area contributed by atoms with Crippen molar-refractivity contribution < 1.29 is 37.3 Å². The highest BCUT2D eigenvalue weighted by Gasteiger charge is 2.30. The molecule has 0 saturated heterocycles. The summed E-state index contributed by atoms with van der Waals surface area (Å²) in [7, 11) is 1.50. The molecule has 1 amide bonds. The number of phosphoric ester groups is 1. The van der Waals surface area contributed by atoms with Gasteiger partial charge in [0.1, 0.15) is 19.3 Å². The van der Waals surface area contributed by atoms with Crippen molar-refractivity contribution in [2.75, 3.05) is 40.9 Å². The molecule has 10 heteroatoms. The maximum absolute atomic E-state index is 13.6. The van der Waals surface area contributed by atoms with E-state index >= 15 is 0 Å². The lowest BCUT2D eigenvalue weighted by Crippen LogP contribution is -2.47. The van der Waals surface area contributed by atoms with Crippen LogP contribution in [0.4, 0.5) is 0 Å². The van der Waals surface area contributed by atoms with Crippen LogP contribution in [0.1, 0.15) is 342 Å². The lowest BCUT2D eigenvalue weighted by molar-refractivity contribution is -0.870. The van der Waals surface area contributed by atoms with Crippen LogP contribution in [0.5, 0.6) is 0 Å². The number of esters is 1. The second-order valence-corrected chi connectivity index (χ2v) is 26.9. The maximum atomic E-state index is 13.6. The number of ether oxygens (including phenoxy) is 1. The number of likely N-dealkylation sites (N-methyl/N-ethyl adjacent to an activating group) is 1. The molecule has 0 saturated carbocycles. The standard InChI is InChI=1S/C73H137N2O7P/c1-7-10-13-16-19-22-25-28-30-32-34-36-37-39-41-43-45-48-51-54-57-60-63-66-73(77)82-71(64-61-58-55-52-49-46-27-24-21-18-15-12-9-3)70(69-81-83(78,79)80-68-67-75(4,5)6)74-72(76)65-62-59-56-53-50-47-44-42-40-38-35-33-31-29-26-23-20-17-14-11-8-2/h20,23,28-31,35,38,61,64,70-71H,7-19,21-22,24-27,32-34,36-37,39-60,62-63,65-69H2,1-6H3,(H-,74,76,78,79)/p+1/b23-20-,30-28+,31-29-,38-35-,64-61+. The number of nitrogens with one attached hydrogen (secondary N) is 1. The zero-order chi connectivity index (χ0) is 60.7. The highest BCUT2D eigenvalue weighted by atomic mass is 31.2. The summed E-state index contributed by atoms with van der Waals surface area (Å²) in [6.45, 7) is 7.02. The predicted molar refractivity (Wildman–Crippen MR) is 360 cm³/mol. The van der Waals surface area contributed by atoms with Crippen molar-refractivity contribution in [2.45, 2.75) is 354 Å². The lowest BCUT2D eigenvalue weighted by Gasteiger charge is -2.27. The van der Waals surface area contributed by atoms with Crippen LogP contribution in [0.3, 0.4) is 0 Å². The van der Waals surface area contributed by atoms with Crippen molar-refractivity contribution in [1.82, 2.24) is 5.32 Å². The number of unbranched alkanes of at least 4 members (excludes halogenated alkanes) is 41. The van der Waals surface area contributed by atoms with Crippen molar-refractivity contribution in [1.29, 1.82) is 0 Å². The molecule has 2 N–H and O–H groups in total. The van der Waals surface area contributed by atoms with Crippen LogP contribution in [0.2, 0.25) is 0 Å². The van der Waals surface area contributed by atoms with Crippen LogP contribution >= 0.6 is 7.82 Å². The molecule has 0 aromatic rings. The summed E-state index contributed by atoms with van der Waals surface area (Å²) in [4.78, 5) is 37.9. The third-order valence-electron chi connectivity index (χ3n) is 15.9. The Morgan fingerprint density at radius 3 is 1.13 bits per heavy atom. The minimum absolute atomic E-state index is 0.0386. The third kappa shape index (κ3) is 64.0. The number of rotatable bonds is 65. The number of hydrogen-bond acceptors (Lipinski definition) is 6. The molecule has 0 spiro atoms. The van der Waals surface area contributed by atoms with Crippen molar-refractivity contribution >= 4 is 19.7 Å². The summed E-state index contributed by atoms with van der Waals surface area (Å²) in [5, 5.41) is 3.07. The van der Waals surface area contributed by atoms with Crippen LogP contribution in [0.25, 0.3) is 0 Å². The molecular formula is C73H138N2O7P+. The third-order valence-corrected chi connectivity index (χ3v) is 16.9. The molecule has 0 fully saturated rings. The molecule has 9 nitrogen and oxygen atoms in total. The quantitative estimate of drug-likeness (QED) is 0.0205. The van der Waals surface area contributed by atoms with Gasteiger partial charge in [-0.2, -0.15) is 0 Å². The highest BCUT2D eigenvalue weighted by molar-refractivity contribution is 7.47. The van der Waals surface area contributed by atoms with E-state index in [9.17, 15) is 19.0 Å². The molecule has 0 aliphatic carbocycles. The molecule has 486 valence electrons. The molecule has 0 aliphatic rings. The van der Waals surface area contributed by atoms with Gasteiger partial charge in [-0.1, -0.05) is 294 Å². The van der Waals surface area contributed by atoms with E-state index in [0.29, 0.717) is 23.9 Å². The van der Waals surface area contributed by atoms with E-state index in [1.807, 2.05) is 33.3 Å². The van der Waals surface area contributed by atoms with Crippen molar-refractivity contribution in [2.24, 2.45) is 0 Å². The highest BCUT2D eigenvalue weighted by Crippen LogP contribution is 2.43. The van der Waals surface area contributed by atoms with Crippen molar-refractivity contribution in [3.63, 3.8) is 0 Å². The number of quaternary nitrogens is 1.